The SMILES string of the molecule is CN1CCc2c(c3cc(C(C)(C)C)ccc3n2CC(O)c2ccncc2)C1. The molecule has 0 amide bonds. The fourth-order valence-corrected chi connectivity index (χ4v) is 4.12. The summed E-state index contributed by atoms with van der Waals surface area (Å²) in [5, 5.41) is 12.2. The van der Waals surface area contributed by atoms with E-state index in [0.29, 0.717) is 6.54 Å². The zero-order valence-corrected chi connectivity index (χ0v) is 16.7. The van der Waals surface area contributed by atoms with Gasteiger partial charge in [0.15, 0.2) is 0 Å². The normalized spacial score (nSPS) is 16.5. The number of aromatic nitrogens is 2. The van der Waals surface area contributed by atoms with Crippen LogP contribution in [0.3, 0.4) is 0 Å². The Morgan fingerprint density at radius 1 is 1.15 bits per heavy atom. The van der Waals surface area contributed by atoms with Gasteiger partial charge in [0, 0.05) is 48.5 Å². The van der Waals surface area contributed by atoms with Crippen LogP contribution in [0.15, 0.2) is 42.7 Å². The van der Waals surface area contributed by atoms with Crippen LogP contribution in [-0.2, 0) is 24.9 Å². The number of aliphatic hydroxyl groups is 1. The van der Waals surface area contributed by atoms with E-state index < -0.39 is 6.10 Å². The lowest BCUT2D eigenvalue weighted by Crippen LogP contribution is -2.27. The fourth-order valence-electron chi connectivity index (χ4n) is 4.12. The largest absolute Gasteiger partial charge is 0.387 e. The van der Waals surface area contributed by atoms with Crippen molar-refractivity contribution in [2.24, 2.45) is 0 Å². The molecule has 27 heavy (non-hydrogen) atoms. The van der Waals surface area contributed by atoms with Crippen molar-refractivity contribution in [1.29, 1.82) is 0 Å². The fraction of sp³-hybridized carbons (Fsp3) is 0.435. The minimum atomic E-state index is -0.533. The summed E-state index contributed by atoms with van der Waals surface area (Å²) in [6.45, 7) is 9.39. The second kappa shape index (κ2) is 6.77. The van der Waals surface area contributed by atoms with Crippen LogP contribution in [-0.4, -0.2) is 33.1 Å². The molecule has 0 fully saturated rings. The van der Waals surface area contributed by atoms with Crippen molar-refractivity contribution in [3.8, 4) is 0 Å². The van der Waals surface area contributed by atoms with Crippen LogP contribution in [0.1, 0.15) is 49.3 Å². The number of aliphatic hydroxyl groups excluding tert-OH is 1. The Balaban J connectivity index is 1.82. The first-order valence-electron chi connectivity index (χ1n) is 9.75. The van der Waals surface area contributed by atoms with Crippen molar-refractivity contribution in [2.45, 2.75) is 51.8 Å². The maximum atomic E-state index is 10.8. The van der Waals surface area contributed by atoms with Gasteiger partial charge in [0.1, 0.15) is 0 Å². The van der Waals surface area contributed by atoms with E-state index in [2.05, 4.69) is 60.5 Å². The van der Waals surface area contributed by atoms with E-state index >= 15 is 0 Å². The third kappa shape index (κ3) is 3.40. The zero-order valence-electron chi connectivity index (χ0n) is 16.7. The molecule has 1 aliphatic heterocycles. The molecule has 1 N–H and O–H groups in total. The number of nitrogens with zero attached hydrogens (tertiary/aromatic N) is 3. The second-order valence-electron chi connectivity index (χ2n) is 8.80. The third-order valence-electron chi connectivity index (χ3n) is 5.76. The zero-order chi connectivity index (χ0) is 19.2. The number of likely N-dealkylation sites (N-methyl/N-ethyl adjacent to an activating group) is 1. The van der Waals surface area contributed by atoms with Crippen LogP contribution in [0.2, 0.25) is 0 Å². The highest BCUT2D eigenvalue weighted by Crippen LogP contribution is 2.35. The molecule has 3 heterocycles. The van der Waals surface area contributed by atoms with Gasteiger partial charge in [-0.05, 0) is 53.4 Å². The van der Waals surface area contributed by atoms with E-state index in [1.807, 2.05) is 12.1 Å². The number of benzene rings is 1. The molecule has 142 valence electrons. The highest BCUT2D eigenvalue weighted by Gasteiger charge is 2.25. The Hall–Kier alpha value is -2.17. The van der Waals surface area contributed by atoms with E-state index in [0.717, 1.165) is 25.1 Å². The van der Waals surface area contributed by atoms with Crippen LogP contribution < -0.4 is 0 Å². The average Bonchev–Trinajstić information content (AvgIpc) is 2.94. The highest BCUT2D eigenvalue weighted by molar-refractivity contribution is 5.87. The minimum absolute atomic E-state index is 0.125. The van der Waals surface area contributed by atoms with E-state index in [1.54, 1.807) is 12.4 Å². The van der Waals surface area contributed by atoms with Crippen molar-refractivity contribution >= 4 is 10.9 Å². The molecule has 0 aliphatic carbocycles. The van der Waals surface area contributed by atoms with E-state index in [9.17, 15) is 5.11 Å². The standard InChI is InChI=1S/C23H29N3O/c1-23(2,3)17-5-6-20-18(13-17)19-14-25(4)12-9-21(19)26(20)15-22(27)16-7-10-24-11-8-16/h5-8,10-11,13,22,27H,9,12,14-15H2,1-4H3. The Kier molecular flexibility index (Phi) is 4.57. The van der Waals surface area contributed by atoms with Gasteiger partial charge in [0.25, 0.3) is 0 Å². The third-order valence-corrected chi connectivity index (χ3v) is 5.76. The summed E-state index contributed by atoms with van der Waals surface area (Å²) >= 11 is 0. The van der Waals surface area contributed by atoms with E-state index in [-0.39, 0.29) is 5.41 Å². The van der Waals surface area contributed by atoms with Gasteiger partial charge in [0.05, 0.1) is 12.6 Å². The van der Waals surface area contributed by atoms with Crippen molar-refractivity contribution in [2.75, 3.05) is 13.6 Å². The summed E-state index contributed by atoms with van der Waals surface area (Å²) in [7, 11) is 2.19. The summed E-state index contributed by atoms with van der Waals surface area (Å²) in [5.74, 6) is 0. The second-order valence-corrected chi connectivity index (χ2v) is 8.80. The van der Waals surface area contributed by atoms with Gasteiger partial charge in [0.2, 0.25) is 0 Å². The van der Waals surface area contributed by atoms with Gasteiger partial charge >= 0.3 is 0 Å². The van der Waals surface area contributed by atoms with Crippen LogP contribution in [0.25, 0.3) is 10.9 Å². The van der Waals surface area contributed by atoms with Gasteiger partial charge in [-0.1, -0.05) is 26.8 Å². The number of fused-ring (bicyclic) bond motifs is 3. The minimum Gasteiger partial charge on any atom is -0.387 e. The summed E-state index contributed by atoms with van der Waals surface area (Å²) in [6.07, 6.45) is 3.97. The molecule has 4 rings (SSSR count). The van der Waals surface area contributed by atoms with Crippen molar-refractivity contribution in [1.82, 2.24) is 14.5 Å². The van der Waals surface area contributed by atoms with E-state index in [1.165, 1.54) is 27.7 Å². The quantitative estimate of drug-likeness (QED) is 0.763. The highest BCUT2D eigenvalue weighted by atomic mass is 16.3. The first kappa shape index (κ1) is 18.2. The van der Waals surface area contributed by atoms with Gasteiger partial charge in [-0.2, -0.15) is 0 Å². The van der Waals surface area contributed by atoms with Crippen molar-refractivity contribution < 1.29 is 5.11 Å². The topological polar surface area (TPSA) is 41.3 Å². The maximum absolute atomic E-state index is 10.8. The molecule has 4 nitrogen and oxygen atoms in total. The molecular formula is C23H29N3O. The van der Waals surface area contributed by atoms with Crippen LogP contribution in [0, 0.1) is 0 Å². The van der Waals surface area contributed by atoms with Gasteiger partial charge in [-0.25, -0.2) is 0 Å². The van der Waals surface area contributed by atoms with Gasteiger partial charge in [-0.3, -0.25) is 4.98 Å². The van der Waals surface area contributed by atoms with Crippen molar-refractivity contribution in [3.63, 3.8) is 0 Å². The number of pyridine rings is 1. The smallest absolute Gasteiger partial charge is 0.0970 e. The van der Waals surface area contributed by atoms with E-state index in [4.69, 9.17) is 0 Å². The molecule has 0 saturated heterocycles. The lowest BCUT2D eigenvalue weighted by Gasteiger charge is -2.25. The van der Waals surface area contributed by atoms with Crippen molar-refractivity contribution in [3.05, 3.63) is 65.1 Å². The Morgan fingerprint density at radius 3 is 2.59 bits per heavy atom. The van der Waals surface area contributed by atoms with Gasteiger partial charge in [-0.15, -0.1) is 0 Å². The van der Waals surface area contributed by atoms with Gasteiger partial charge < -0.3 is 14.6 Å². The molecule has 0 spiro atoms. The molecule has 1 atom stereocenters. The predicted molar refractivity (Wildman–Crippen MR) is 110 cm³/mol. The molecule has 0 bridgehead atoms. The lowest BCUT2D eigenvalue weighted by molar-refractivity contribution is 0.156. The Morgan fingerprint density at radius 2 is 1.89 bits per heavy atom. The first-order chi connectivity index (χ1) is 12.8. The summed E-state index contributed by atoms with van der Waals surface area (Å²) in [5.41, 5.74) is 6.43. The maximum Gasteiger partial charge on any atom is 0.0970 e. The molecule has 1 aliphatic rings. The summed E-state index contributed by atoms with van der Waals surface area (Å²) < 4.78 is 2.34. The molecular weight excluding hydrogens is 334 g/mol. The molecule has 2 aromatic heterocycles. The predicted octanol–water partition coefficient (Wildman–Crippen LogP) is 4.06. The summed E-state index contributed by atoms with van der Waals surface area (Å²) in [4.78, 5) is 6.45. The van der Waals surface area contributed by atoms with Crippen LogP contribution in [0.4, 0.5) is 0 Å². The molecule has 4 heteroatoms. The molecule has 0 saturated carbocycles. The number of hydrogen-bond donors (Lipinski definition) is 1. The van der Waals surface area contributed by atoms with Crippen LogP contribution in [0.5, 0.6) is 0 Å². The molecule has 1 aromatic carbocycles. The summed E-state index contributed by atoms with van der Waals surface area (Å²) in [6, 6.07) is 10.6. The first-order valence-corrected chi connectivity index (χ1v) is 9.75. The molecule has 3 aromatic rings. The average molecular weight is 364 g/mol. The Labute approximate surface area is 161 Å². The monoisotopic (exact) mass is 363 g/mol. The van der Waals surface area contributed by atoms with Crippen LogP contribution >= 0.6 is 0 Å². The Bertz CT molecular complexity index is 953. The lowest BCUT2D eigenvalue weighted by atomic mass is 9.86. The molecule has 0 radical (unpaired) electrons. The molecule has 1 unspecified atom stereocenters. The number of rotatable bonds is 3. The number of hydrogen-bond acceptors (Lipinski definition) is 3.